The minimum atomic E-state index is -0.459. The van der Waals surface area contributed by atoms with E-state index in [0.29, 0.717) is 10.8 Å². The Morgan fingerprint density at radius 3 is 2.77 bits per heavy atom. The van der Waals surface area contributed by atoms with Gasteiger partial charge in [-0.15, -0.1) is 0 Å². The molecule has 0 atom stereocenters. The van der Waals surface area contributed by atoms with Gasteiger partial charge in [-0.05, 0) is 56.6 Å². The van der Waals surface area contributed by atoms with Gasteiger partial charge in [0.1, 0.15) is 5.82 Å². The van der Waals surface area contributed by atoms with Crippen molar-refractivity contribution in [2.75, 3.05) is 0 Å². The molecule has 0 saturated heterocycles. The molecule has 1 rings (SSSR count). The van der Waals surface area contributed by atoms with Crippen molar-refractivity contribution < 1.29 is 9.18 Å². The Morgan fingerprint density at radius 1 is 1.69 bits per heavy atom. The van der Waals surface area contributed by atoms with Crippen molar-refractivity contribution in [3.05, 3.63) is 31.1 Å². The zero-order valence-electron chi connectivity index (χ0n) is 6.90. The number of rotatable bonds is 2. The Bertz CT molecular complexity index is 352. The Hall–Kier alpha value is 0.0300. The van der Waals surface area contributed by atoms with Crippen LogP contribution in [-0.4, -0.2) is 6.29 Å². The highest BCUT2D eigenvalue weighted by Crippen LogP contribution is 2.28. The van der Waals surface area contributed by atoms with Gasteiger partial charge in [-0.25, -0.2) is 4.39 Å². The molecule has 1 aromatic carbocycles. The third kappa shape index (κ3) is 2.10. The smallest absolute Gasteiger partial charge is 0.154 e. The second kappa shape index (κ2) is 4.50. The molecule has 13 heavy (non-hydrogen) atoms. The summed E-state index contributed by atoms with van der Waals surface area (Å²) < 4.78 is 14.7. The highest BCUT2D eigenvalue weighted by molar-refractivity contribution is 14.1. The van der Waals surface area contributed by atoms with E-state index in [4.69, 9.17) is 0 Å². The Labute approximate surface area is 98.0 Å². The van der Waals surface area contributed by atoms with E-state index in [0.717, 1.165) is 15.6 Å². The quantitative estimate of drug-likeness (QED) is 0.450. The molecule has 0 aliphatic carbocycles. The van der Waals surface area contributed by atoms with Gasteiger partial charge in [0.25, 0.3) is 0 Å². The molecule has 0 fully saturated rings. The van der Waals surface area contributed by atoms with Gasteiger partial charge in [0.15, 0.2) is 6.29 Å². The second-order valence-electron chi connectivity index (χ2n) is 2.53. The summed E-state index contributed by atoms with van der Waals surface area (Å²) in [5.41, 5.74) is 1.01. The van der Waals surface area contributed by atoms with Crippen LogP contribution in [0.15, 0.2) is 10.5 Å². The average Bonchev–Trinajstić information content (AvgIpc) is 2.12. The number of aryl methyl sites for hydroxylation is 1. The van der Waals surface area contributed by atoms with Crippen LogP contribution in [0.1, 0.15) is 22.8 Å². The largest absolute Gasteiger partial charge is 0.298 e. The zero-order valence-corrected chi connectivity index (χ0v) is 10.6. The van der Waals surface area contributed by atoms with Gasteiger partial charge in [0, 0.05) is 8.04 Å². The maximum Gasteiger partial charge on any atom is 0.154 e. The van der Waals surface area contributed by atoms with Gasteiger partial charge in [-0.2, -0.15) is 0 Å². The van der Waals surface area contributed by atoms with Gasteiger partial charge in [0.2, 0.25) is 0 Å². The van der Waals surface area contributed by atoms with E-state index in [9.17, 15) is 9.18 Å². The van der Waals surface area contributed by atoms with Crippen LogP contribution in [-0.2, 0) is 6.42 Å². The maximum atomic E-state index is 13.2. The maximum absolute atomic E-state index is 13.2. The molecule has 0 aliphatic heterocycles. The van der Waals surface area contributed by atoms with Crippen molar-refractivity contribution in [2.45, 2.75) is 13.3 Å². The highest BCUT2D eigenvalue weighted by Gasteiger charge is 2.12. The second-order valence-corrected chi connectivity index (χ2v) is 4.40. The number of aldehydes is 1. The fraction of sp³-hybridized carbons (Fsp3) is 0.222. The van der Waals surface area contributed by atoms with Gasteiger partial charge in [0.05, 0.1) is 5.56 Å². The van der Waals surface area contributed by atoms with Gasteiger partial charge in [-0.3, -0.25) is 4.79 Å². The SMILES string of the molecule is CCc1cc(F)c(C=O)c(Br)c1I. The van der Waals surface area contributed by atoms with Crippen LogP contribution in [0.2, 0.25) is 0 Å². The number of hydrogen-bond donors (Lipinski definition) is 0. The average molecular weight is 357 g/mol. The molecule has 0 spiro atoms. The molecule has 0 bridgehead atoms. The topological polar surface area (TPSA) is 17.1 Å². The number of halogens is 3. The molecule has 0 heterocycles. The van der Waals surface area contributed by atoms with E-state index in [2.05, 4.69) is 38.5 Å². The monoisotopic (exact) mass is 356 g/mol. The van der Waals surface area contributed by atoms with Gasteiger partial charge < -0.3 is 0 Å². The molecule has 0 saturated carbocycles. The molecule has 1 nitrogen and oxygen atoms in total. The van der Waals surface area contributed by atoms with E-state index < -0.39 is 5.82 Å². The van der Waals surface area contributed by atoms with Crippen LogP contribution in [0.4, 0.5) is 4.39 Å². The van der Waals surface area contributed by atoms with E-state index in [1.807, 2.05) is 6.92 Å². The number of hydrogen-bond acceptors (Lipinski definition) is 1. The minimum absolute atomic E-state index is 0.0987. The lowest BCUT2D eigenvalue weighted by Gasteiger charge is -2.06. The predicted octanol–water partition coefficient (Wildman–Crippen LogP) is 3.57. The predicted molar refractivity (Wildman–Crippen MR) is 61.6 cm³/mol. The first-order valence-corrected chi connectivity index (χ1v) is 5.60. The molecule has 1 aromatic rings. The van der Waals surface area contributed by atoms with Crippen molar-refractivity contribution in [2.24, 2.45) is 0 Å². The Balaban J connectivity index is 3.45. The summed E-state index contributed by atoms with van der Waals surface area (Å²) in [5.74, 6) is -0.459. The van der Waals surface area contributed by atoms with Crippen LogP contribution in [0.3, 0.4) is 0 Å². The molecular formula is C9H7BrFIO. The van der Waals surface area contributed by atoms with Crippen molar-refractivity contribution in [1.82, 2.24) is 0 Å². The van der Waals surface area contributed by atoms with Crippen molar-refractivity contribution in [1.29, 1.82) is 0 Å². The number of carbonyl (C=O) groups excluding carboxylic acids is 1. The van der Waals surface area contributed by atoms with E-state index in [1.54, 1.807) is 0 Å². The highest BCUT2D eigenvalue weighted by atomic mass is 127. The lowest BCUT2D eigenvalue weighted by molar-refractivity contribution is 0.111. The van der Waals surface area contributed by atoms with E-state index >= 15 is 0 Å². The molecule has 0 N–H and O–H groups in total. The number of benzene rings is 1. The third-order valence-corrected chi connectivity index (χ3v) is 4.57. The summed E-state index contributed by atoms with van der Waals surface area (Å²) in [6.45, 7) is 1.95. The normalized spacial score (nSPS) is 10.2. The van der Waals surface area contributed by atoms with Crippen LogP contribution < -0.4 is 0 Å². The first-order chi connectivity index (χ1) is 6.11. The minimum Gasteiger partial charge on any atom is -0.298 e. The van der Waals surface area contributed by atoms with Gasteiger partial charge in [-0.1, -0.05) is 6.92 Å². The molecule has 70 valence electrons. The molecule has 4 heteroatoms. The van der Waals surface area contributed by atoms with Crippen molar-refractivity contribution in [3.8, 4) is 0 Å². The van der Waals surface area contributed by atoms with Crippen LogP contribution >= 0.6 is 38.5 Å². The van der Waals surface area contributed by atoms with Crippen LogP contribution in [0, 0.1) is 9.39 Å². The third-order valence-electron chi connectivity index (χ3n) is 1.77. The lowest BCUT2D eigenvalue weighted by Crippen LogP contribution is -1.97. The Morgan fingerprint density at radius 2 is 2.31 bits per heavy atom. The van der Waals surface area contributed by atoms with Crippen LogP contribution in [0.5, 0.6) is 0 Å². The molecule has 0 unspecified atom stereocenters. The van der Waals surface area contributed by atoms with Crippen molar-refractivity contribution >= 4 is 44.8 Å². The van der Waals surface area contributed by atoms with Gasteiger partial charge >= 0.3 is 0 Å². The first kappa shape index (κ1) is 11.1. The summed E-state index contributed by atoms with van der Waals surface area (Å²) in [5, 5.41) is 0. The lowest BCUT2D eigenvalue weighted by atomic mass is 10.1. The molecule has 0 aromatic heterocycles. The fourth-order valence-corrected chi connectivity index (χ4v) is 2.39. The molecule has 0 radical (unpaired) electrons. The van der Waals surface area contributed by atoms with Crippen LogP contribution in [0.25, 0.3) is 0 Å². The summed E-state index contributed by atoms with van der Waals surface area (Å²) in [6, 6.07) is 1.41. The van der Waals surface area contributed by atoms with E-state index in [-0.39, 0.29) is 5.56 Å². The summed E-state index contributed by atoms with van der Waals surface area (Å²) >= 11 is 5.30. The molecular weight excluding hydrogens is 350 g/mol. The first-order valence-electron chi connectivity index (χ1n) is 3.73. The number of carbonyl (C=O) groups is 1. The summed E-state index contributed by atoms with van der Waals surface area (Å²) in [6.07, 6.45) is 1.29. The molecule has 0 aliphatic rings. The fourth-order valence-electron chi connectivity index (χ4n) is 1.02. The summed E-state index contributed by atoms with van der Waals surface area (Å²) in [4.78, 5) is 10.5. The zero-order chi connectivity index (χ0) is 10.0. The summed E-state index contributed by atoms with van der Waals surface area (Å²) in [7, 11) is 0. The van der Waals surface area contributed by atoms with E-state index in [1.165, 1.54) is 6.07 Å². The Kier molecular flexibility index (Phi) is 3.85. The molecule has 0 amide bonds. The standard InChI is InChI=1S/C9H7BrFIO/c1-2-5-3-7(11)6(4-13)8(10)9(5)12/h3-4H,2H2,1H3. The van der Waals surface area contributed by atoms with Crippen molar-refractivity contribution in [3.63, 3.8) is 0 Å².